The molecule has 1 nitrogen and oxygen atoms in total. The molecular formula is C15H20O. The smallest absolute Gasteiger partial charge is 0.0790 e. The second kappa shape index (κ2) is 4.32. The van der Waals surface area contributed by atoms with Gasteiger partial charge in [0, 0.05) is 0 Å². The Labute approximate surface area is 98.1 Å². The van der Waals surface area contributed by atoms with Gasteiger partial charge >= 0.3 is 0 Å². The van der Waals surface area contributed by atoms with Gasteiger partial charge in [0.05, 0.1) is 13.4 Å². The van der Waals surface area contributed by atoms with E-state index >= 15 is 0 Å². The molecule has 0 spiro atoms. The summed E-state index contributed by atoms with van der Waals surface area (Å²) in [7, 11) is 1.71. The molecule has 0 unspecified atom stereocenters. The molecule has 0 heterocycles. The fourth-order valence-electron chi connectivity index (χ4n) is 2.57. The summed E-state index contributed by atoms with van der Waals surface area (Å²) >= 11 is 0. The zero-order valence-corrected chi connectivity index (χ0v) is 10.3. The molecule has 1 aromatic rings. The molecule has 0 saturated heterocycles. The number of methoxy groups -OCH3 is 1. The van der Waals surface area contributed by atoms with Crippen molar-refractivity contribution in [3.8, 4) is 0 Å². The van der Waals surface area contributed by atoms with Gasteiger partial charge in [0.1, 0.15) is 0 Å². The summed E-state index contributed by atoms with van der Waals surface area (Å²) < 4.78 is 5.01. The summed E-state index contributed by atoms with van der Waals surface area (Å²) in [5.74, 6) is 1.38. The Morgan fingerprint density at radius 3 is 2.69 bits per heavy atom. The summed E-state index contributed by atoms with van der Waals surface area (Å²) in [4.78, 5) is 0. The third-order valence-corrected chi connectivity index (χ3v) is 3.86. The molecule has 1 aliphatic carbocycles. The van der Waals surface area contributed by atoms with Crippen molar-refractivity contribution in [2.75, 3.05) is 7.11 Å². The lowest BCUT2D eigenvalue weighted by atomic mass is 9.91. The normalized spacial score (nSPS) is 30.3. The zero-order valence-electron chi connectivity index (χ0n) is 10.3. The maximum atomic E-state index is 5.01. The van der Waals surface area contributed by atoms with Gasteiger partial charge in [-0.2, -0.15) is 0 Å². The molecule has 0 aliphatic heterocycles. The molecule has 0 radical (unpaired) electrons. The Morgan fingerprint density at radius 2 is 2.06 bits per heavy atom. The van der Waals surface area contributed by atoms with Gasteiger partial charge in [-0.05, 0) is 35.3 Å². The maximum absolute atomic E-state index is 5.01. The number of benzene rings is 1. The zero-order chi connectivity index (χ0) is 11.6. The molecular weight excluding hydrogens is 196 g/mol. The van der Waals surface area contributed by atoms with E-state index in [1.165, 1.54) is 12.0 Å². The Morgan fingerprint density at radius 1 is 1.38 bits per heavy atom. The number of ether oxygens (including phenoxy) is 1. The largest absolute Gasteiger partial charge is 0.505 e. The highest BCUT2D eigenvalue weighted by Gasteiger charge is 2.50. The monoisotopic (exact) mass is 216 g/mol. The first-order chi connectivity index (χ1) is 7.67. The molecule has 16 heavy (non-hydrogen) atoms. The Hall–Kier alpha value is -1.24. The number of allylic oxidation sites excluding steroid dienone is 1. The van der Waals surface area contributed by atoms with Gasteiger partial charge in [-0.1, -0.05) is 44.2 Å². The molecule has 1 aliphatic rings. The molecule has 1 fully saturated rings. The summed E-state index contributed by atoms with van der Waals surface area (Å²) in [6, 6.07) is 10.8. The average Bonchev–Trinajstić information content (AvgIpc) is 3.00. The van der Waals surface area contributed by atoms with Crippen molar-refractivity contribution in [1.29, 1.82) is 0 Å². The molecule has 1 saturated carbocycles. The van der Waals surface area contributed by atoms with Crippen LogP contribution < -0.4 is 0 Å². The van der Waals surface area contributed by atoms with E-state index in [0.717, 1.165) is 5.92 Å². The van der Waals surface area contributed by atoms with Crippen LogP contribution in [-0.4, -0.2) is 7.11 Å². The van der Waals surface area contributed by atoms with Gasteiger partial charge in [-0.3, -0.25) is 0 Å². The van der Waals surface area contributed by atoms with Crippen LogP contribution in [0.15, 0.2) is 42.7 Å². The van der Waals surface area contributed by atoms with E-state index in [0.29, 0.717) is 11.3 Å². The van der Waals surface area contributed by atoms with E-state index in [2.05, 4.69) is 50.3 Å². The molecule has 1 heteroatoms. The van der Waals surface area contributed by atoms with Crippen molar-refractivity contribution in [2.45, 2.75) is 26.2 Å². The fraction of sp³-hybridized carbons (Fsp3) is 0.467. The van der Waals surface area contributed by atoms with Crippen molar-refractivity contribution in [3.63, 3.8) is 0 Å². The van der Waals surface area contributed by atoms with Crippen molar-refractivity contribution < 1.29 is 4.74 Å². The average molecular weight is 216 g/mol. The molecule has 0 N–H and O–H groups in total. The van der Waals surface area contributed by atoms with E-state index in [4.69, 9.17) is 4.74 Å². The van der Waals surface area contributed by atoms with Crippen LogP contribution in [0.5, 0.6) is 0 Å². The Bertz CT molecular complexity index is 368. The highest BCUT2D eigenvalue weighted by molar-refractivity contribution is 5.25. The predicted molar refractivity (Wildman–Crippen MR) is 67.2 cm³/mol. The third kappa shape index (κ3) is 2.13. The minimum absolute atomic E-state index is 0.339. The second-order valence-electron chi connectivity index (χ2n) is 5.05. The quantitative estimate of drug-likeness (QED) is 0.692. The Balaban J connectivity index is 2.04. The minimum atomic E-state index is 0.339. The summed E-state index contributed by atoms with van der Waals surface area (Å²) in [6.07, 6.45) is 5.29. The van der Waals surface area contributed by atoms with Gasteiger partial charge in [0.15, 0.2) is 0 Å². The standard InChI is InChI=1S/C15H20O/c1-12(13-7-5-4-6-8-13)14-11-15(14,2)9-10-16-3/h4-10,12,14H,11H2,1-3H3/t12-,14-,15-/m0/s1. The Kier molecular flexibility index (Phi) is 3.04. The SMILES string of the molecule is COC=C[C@@]1(C)C[C@H]1[C@@H](C)c1ccccc1. The first kappa shape index (κ1) is 11.3. The lowest BCUT2D eigenvalue weighted by Gasteiger charge is -2.14. The van der Waals surface area contributed by atoms with Crippen LogP contribution in [0.1, 0.15) is 31.7 Å². The first-order valence-electron chi connectivity index (χ1n) is 5.93. The van der Waals surface area contributed by atoms with Crippen LogP contribution >= 0.6 is 0 Å². The first-order valence-corrected chi connectivity index (χ1v) is 5.93. The van der Waals surface area contributed by atoms with E-state index in [-0.39, 0.29) is 0 Å². The minimum Gasteiger partial charge on any atom is -0.505 e. The molecule has 3 atom stereocenters. The lowest BCUT2D eigenvalue weighted by molar-refractivity contribution is 0.332. The molecule has 0 bridgehead atoms. The van der Waals surface area contributed by atoms with Crippen LogP contribution in [0.3, 0.4) is 0 Å². The van der Waals surface area contributed by atoms with Crippen LogP contribution in [0.25, 0.3) is 0 Å². The van der Waals surface area contributed by atoms with Crippen molar-refractivity contribution in [2.24, 2.45) is 11.3 Å². The molecule has 0 amide bonds. The van der Waals surface area contributed by atoms with Crippen molar-refractivity contribution in [3.05, 3.63) is 48.2 Å². The number of hydrogen-bond donors (Lipinski definition) is 0. The van der Waals surface area contributed by atoms with E-state index in [9.17, 15) is 0 Å². The van der Waals surface area contributed by atoms with E-state index in [1.807, 2.05) is 6.26 Å². The van der Waals surface area contributed by atoms with Crippen LogP contribution in [0, 0.1) is 11.3 Å². The lowest BCUT2D eigenvalue weighted by Crippen LogP contribution is -2.02. The third-order valence-electron chi connectivity index (χ3n) is 3.86. The van der Waals surface area contributed by atoms with Gasteiger partial charge in [-0.15, -0.1) is 0 Å². The van der Waals surface area contributed by atoms with Crippen LogP contribution in [0.4, 0.5) is 0 Å². The molecule has 2 rings (SSSR count). The van der Waals surface area contributed by atoms with Gasteiger partial charge < -0.3 is 4.74 Å². The van der Waals surface area contributed by atoms with Gasteiger partial charge in [-0.25, -0.2) is 0 Å². The van der Waals surface area contributed by atoms with Crippen LogP contribution in [0.2, 0.25) is 0 Å². The maximum Gasteiger partial charge on any atom is 0.0790 e. The van der Waals surface area contributed by atoms with Gasteiger partial charge in [0.25, 0.3) is 0 Å². The number of rotatable bonds is 4. The highest BCUT2D eigenvalue weighted by atomic mass is 16.5. The van der Waals surface area contributed by atoms with Gasteiger partial charge in [0.2, 0.25) is 0 Å². The van der Waals surface area contributed by atoms with E-state index < -0.39 is 0 Å². The topological polar surface area (TPSA) is 9.23 Å². The molecule has 0 aromatic heterocycles. The van der Waals surface area contributed by atoms with Crippen molar-refractivity contribution >= 4 is 0 Å². The highest BCUT2D eigenvalue weighted by Crippen LogP contribution is 2.59. The fourth-order valence-corrected chi connectivity index (χ4v) is 2.57. The van der Waals surface area contributed by atoms with Crippen LogP contribution in [-0.2, 0) is 4.74 Å². The summed E-state index contributed by atoms with van der Waals surface area (Å²) in [5.41, 5.74) is 1.78. The second-order valence-corrected chi connectivity index (χ2v) is 5.05. The number of hydrogen-bond acceptors (Lipinski definition) is 1. The molecule has 86 valence electrons. The summed E-state index contributed by atoms with van der Waals surface area (Å²) in [5, 5.41) is 0. The molecule has 1 aromatic carbocycles. The predicted octanol–water partition coefficient (Wildman–Crippen LogP) is 3.98. The van der Waals surface area contributed by atoms with Crippen molar-refractivity contribution in [1.82, 2.24) is 0 Å². The summed E-state index contributed by atoms with van der Waals surface area (Å²) in [6.45, 7) is 4.64. The van der Waals surface area contributed by atoms with E-state index in [1.54, 1.807) is 7.11 Å².